The van der Waals surface area contributed by atoms with Gasteiger partial charge in [0.2, 0.25) is 11.8 Å². The van der Waals surface area contributed by atoms with Gasteiger partial charge in [0.1, 0.15) is 17.5 Å². The van der Waals surface area contributed by atoms with Crippen LogP contribution in [-0.4, -0.2) is 60.4 Å². The number of nitrogens with two attached hydrogens (primary N) is 2. The fourth-order valence-corrected chi connectivity index (χ4v) is 4.63. The highest BCUT2D eigenvalue weighted by Crippen LogP contribution is 2.25. The standard InChI is InChI=1S/C21H29ClN12O2/c22-16-18(31-33-24)27-17(30-32-23)15(26-16)19(36)28-20-25-12-21(29-20)8-10-34(11-9-21)14(35)7-6-13-4-2-1-3-5-13/h1-7,15,17,20,25-27,29H,8-12H2,(H2,23,30)(H2,24,31)(H,28,36)/b7-6+. The summed E-state index contributed by atoms with van der Waals surface area (Å²) in [5, 5.41) is 29.2. The first kappa shape index (κ1) is 25.3. The van der Waals surface area contributed by atoms with Gasteiger partial charge in [-0.1, -0.05) is 52.4 Å². The Bertz CT molecular complexity index is 1070. The van der Waals surface area contributed by atoms with Crippen LogP contribution in [0.2, 0.25) is 0 Å². The molecule has 2 saturated heterocycles. The van der Waals surface area contributed by atoms with Crippen molar-refractivity contribution in [3.63, 3.8) is 0 Å². The van der Waals surface area contributed by atoms with Gasteiger partial charge in [-0.15, -0.1) is 10.2 Å². The minimum absolute atomic E-state index is 0.0148. The molecule has 1 aromatic carbocycles. The SMILES string of the molecule is NN=NC1=C(Cl)NC(C(=O)NC2NCC3(CCN(C(=O)/C=C/c4ccccc4)CC3)N2)C(N=NN)N1. The molecule has 3 heterocycles. The molecular weight excluding hydrogens is 488 g/mol. The van der Waals surface area contributed by atoms with Gasteiger partial charge in [0.15, 0.2) is 12.0 Å². The summed E-state index contributed by atoms with van der Waals surface area (Å²) in [4.78, 5) is 27.4. The molecule has 1 spiro atoms. The number of amides is 2. The summed E-state index contributed by atoms with van der Waals surface area (Å²) in [5.74, 6) is 9.96. The maximum Gasteiger partial charge on any atom is 0.249 e. The monoisotopic (exact) mass is 516 g/mol. The van der Waals surface area contributed by atoms with Crippen molar-refractivity contribution in [3.05, 3.63) is 52.9 Å². The Morgan fingerprint density at radius 1 is 1.14 bits per heavy atom. The number of nitrogens with zero attached hydrogens (tertiary/aromatic N) is 5. The fourth-order valence-electron chi connectivity index (χ4n) is 4.42. The molecule has 3 aliphatic heterocycles. The molecule has 192 valence electrons. The van der Waals surface area contributed by atoms with Crippen molar-refractivity contribution in [2.75, 3.05) is 19.6 Å². The lowest BCUT2D eigenvalue weighted by atomic mass is 9.88. The van der Waals surface area contributed by atoms with E-state index in [1.165, 1.54) is 0 Å². The first-order valence-electron chi connectivity index (χ1n) is 11.4. The minimum atomic E-state index is -0.919. The second-order valence-electron chi connectivity index (χ2n) is 8.64. The van der Waals surface area contributed by atoms with E-state index in [0.29, 0.717) is 19.6 Å². The van der Waals surface area contributed by atoms with Gasteiger partial charge in [-0.25, -0.2) is 0 Å². The van der Waals surface area contributed by atoms with Crippen LogP contribution in [0.3, 0.4) is 0 Å². The first-order chi connectivity index (χ1) is 17.4. The Labute approximate surface area is 212 Å². The summed E-state index contributed by atoms with van der Waals surface area (Å²) >= 11 is 6.14. The van der Waals surface area contributed by atoms with Crippen LogP contribution in [0.5, 0.6) is 0 Å². The average Bonchev–Trinajstić information content (AvgIpc) is 3.27. The third-order valence-electron chi connectivity index (χ3n) is 6.35. The number of hydrogen-bond donors (Lipinski definition) is 7. The van der Waals surface area contributed by atoms with Gasteiger partial charge >= 0.3 is 0 Å². The summed E-state index contributed by atoms with van der Waals surface area (Å²) in [5.41, 5.74) is 0.743. The van der Waals surface area contributed by atoms with Crippen LogP contribution in [0, 0.1) is 0 Å². The molecule has 3 atom stereocenters. The molecule has 1 aromatic rings. The van der Waals surface area contributed by atoms with Gasteiger partial charge in [0.05, 0.1) is 0 Å². The summed E-state index contributed by atoms with van der Waals surface area (Å²) in [6, 6.07) is 8.78. The van der Waals surface area contributed by atoms with Crippen LogP contribution < -0.4 is 38.3 Å². The summed E-state index contributed by atoms with van der Waals surface area (Å²) in [6.45, 7) is 1.86. The third kappa shape index (κ3) is 5.90. The van der Waals surface area contributed by atoms with Gasteiger partial charge in [0, 0.05) is 31.2 Å². The van der Waals surface area contributed by atoms with Gasteiger partial charge < -0.3 is 32.5 Å². The predicted molar refractivity (Wildman–Crippen MR) is 132 cm³/mol. The molecule has 0 radical (unpaired) electrons. The van der Waals surface area contributed by atoms with Crippen molar-refractivity contribution in [3.8, 4) is 0 Å². The highest BCUT2D eigenvalue weighted by Gasteiger charge is 2.43. The molecule has 2 amide bonds. The molecule has 9 N–H and O–H groups in total. The van der Waals surface area contributed by atoms with E-state index in [4.69, 9.17) is 23.3 Å². The lowest BCUT2D eigenvalue weighted by molar-refractivity contribution is -0.127. The zero-order valence-electron chi connectivity index (χ0n) is 19.4. The van der Waals surface area contributed by atoms with E-state index >= 15 is 0 Å². The average molecular weight is 517 g/mol. The largest absolute Gasteiger partial charge is 0.358 e. The van der Waals surface area contributed by atoms with Crippen LogP contribution in [-0.2, 0) is 9.59 Å². The number of carbonyl (C=O) groups is 2. The third-order valence-corrected chi connectivity index (χ3v) is 6.64. The van der Waals surface area contributed by atoms with Gasteiger partial charge in [0.25, 0.3) is 0 Å². The predicted octanol–water partition coefficient (Wildman–Crippen LogP) is -0.442. The molecule has 15 heteroatoms. The molecule has 14 nitrogen and oxygen atoms in total. The number of halogens is 1. The number of piperidine rings is 1. The molecule has 4 rings (SSSR count). The topological polar surface area (TPSA) is 199 Å². The maximum absolute atomic E-state index is 13.0. The molecule has 2 fully saturated rings. The van der Waals surface area contributed by atoms with Gasteiger partial charge in [-0.05, 0) is 24.5 Å². The van der Waals surface area contributed by atoms with E-state index in [2.05, 4.69) is 47.3 Å². The zero-order chi connectivity index (χ0) is 25.5. The summed E-state index contributed by atoms with van der Waals surface area (Å²) < 4.78 is 0. The molecular formula is C21H29ClN12O2. The number of benzene rings is 1. The second kappa shape index (κ2) is 11.3. The van der Waals surface area contributed by atoms with Gasteiger partial charge in [-0.3, -0.25) is 20.2 Å². The molecule has 3 aliphatic rings. The van der Waals surface area contributed by atoms with Crippen molar-refractivity contribution in [2.24, 2.45) is 32.4 Å². The number of nitrogens with one attached hydrogen (secondary N) is 5. The number of hydrogen-bond acceptors (Lipinski definition) is 10. The zero-order valence-corrected chi connectivity index (χ0v) is 20.2. The Morgan fingerprint density at radius 2 is 1.89 bits per heavy atom. The minimum Gasteiger partial charge on any atom is -0.358 e. The highest BCUT2D eigenvalue weighted by molar-refractivity contribution is 6.29. The normalized spacial score (nSPS) is 26.0. The Morgan fingerprint density at radius 3 is 2.58 bits per heavy atom. The summed E-state index contributed by atoms with van der Waals surface area (Å²) in [7, 11) is 0. The highest BCUT2D eigenvalue weighted by atomic mass is 35.5. The Hall–Kier alpha value is -3.75. The molecule has 0 aliphatic carbocycles. The number of rotatable bonds is 6. The van der Waals surface area contributed by atoms with Crippen molar-refractivity contribution < 1.29 is 9.59 Å². The van der Waals surface area contributed by atoms with E-state index in [1.54, 1.807) is 6.08 Å². The lowest BCUT2D eigenvalue weighted by Gasteiger charge is -2.39. The van der Waals surface area contributed by atoms with Gasteiger partial charge in [-0.2, -0.15) is 0 Å². The molecule has 36 heavy (non-hydrogen) atoms. The molecule has 0 bridgehead atoms. The van der Waals surface area contributed by atoms with Crippen LogP contribution >= 0.6 is 11.6 Å². The van der Waals surface area contributed by atoms with E-state index in [0.717, 1.165) is 18.4 Å². The molecule has 0 saturated carbocycles. The maximum atomic E-state index is 13.0. The van der Waals surface area contributed by atoms with Crippen LogP contribution in [0.1, 0.15) is 18.4 Å². The second-order valence-corrected chi connectivity index (χ2v) is 9.01. The molecule has 3 unspecified atom stereocenters. The van der Waals surface area contributed by atoms with Crippen molar-refractivity contribution in [2.45, 2.75) is 36.9 Å². The van der Waals surface area contributed by atoms with E-state index < -0.39 is 24.4 Å². The first-order valence-corrected chi connectivity index (χ1v) is 11.8. The van der Waals surface area contributed by atoms with E-state index in [-0.39, 0.29) is 22.4 Å². The number of likely N-dealkylation sites (tertiary alicyclic amines) is 1. The van der Waals surface area contributed by atoms with E-state index in [9.17, 15) is 9.59 Å². The number of carbonyl (C=O) groups excluding carboxylic acids is 2. The lowest BCUT2D eigenvalue weighted by Crippen LogP contribution is -2.62. The molecule has 0 aromatic heterocycles. The Kier molecular flexibility index (Phi) is 7.97. The van der Waals surface area contributed by atoms with Crippen LogP contribution in [0.4, 0.5) is 0 Å². The van der Waals surface area contributed by atoms with Crippen LogP contribution in [0.25, 0.3) is 6.08 Å². The van der Waals surface area contributed by atoms with Crippen molar-refractivity contribution >= 4 is 29.5 Å². The summed E-state index contributed by atoms with van der Waals surface area (Å²) in [6.07, 6.45) is 3.55. The quantitative estimate of drug-likeness (QED) is 0.0866. The van der Waals surface area contributed by atoms with Crippen LogP contribution in [0.15, 0.2) is 68.1 Å². The smallest absolute Gasteiger partial charge is 0.249 e. The fraction of sp³-hybridized carbons (Fsp3) is 0.429. The van der Waals surface area contributed by atoms with E-state index in [1.807, 2.05) is 41.3 Å². The Balaban J connectivity index is 1.30. The van der Waals surface area contributed by atoms with Crippen molar-refractivity contribution in [1.82, 2.24) is 31.5 Å². The van der Waals surface area contributed by atoms with Crippen molar-refractivity contribution in [1.29, 1.82) is 0 Å².